The lowest BCUT2D eigenvalue weighted by Gasteiger charge is -2.20. The lowest BCUT2D eigenvalue weighted by Crippen LogP contribution is -2.18. The van der Waals surface area contributed by atoms with Gasteiger partial charge < -0.3 is 10.1 Å². The van der Waals surface area contributed by atoms with Crippen molar-refractivity contribution in [2.45, 2.75) is 39.5 Å². The van der Waals surface area contributed by atoms with Gasteiger partial charge in [0.15, 0.2) is 0 Å². The van der Waals surface area contributed by atoms with E-state index >= 15 is 0 Å². The molecule has 0 saturated heterocycles. The van der Waals surface area contributed by atoms with Gasteiger partial charge >= 0.3 is 5.97 Å². The minimum Gasteiger partial charge on any atom is -0.462 e. The number of carbonyl (C=O) groups is 2. The van der Waals surface area contributed by atoms with Gasteiger partial charge in [0.1, 0.15) is 10.6 Å². The lowest BCUT2D eigenvalue weighted by atomic mass is 9.85. The third-order valence-corrected chi connectivity index (χ3v) is 6.45. The number of ether oxygens (including phenoxy) is 1. The second kappa shape index (κ2) is 9.21. The summed E-state index contributed by atoms with van der Waals surface area (Å²) in [4.78, 5) is 47.1. The molecule has 0 radical (unpaired) electrons. The maximum Gasteiger partial charge on any atom is 0.341 e. The largest absolute Gasteiger partial charge is 0.462 e. The highest BCUT2D eigenvalue weighted by Crippen LogP contribution is 2.41. The summed E-state index contributed by atoms with van der Waals surface area (Å²) in [5.74, 6) is -0.887. The number of anilines is 1. The minimum absolute atomic E-state index is 0.169. The Morgan fingerprint density at radius 3 is 2.58 bits per heavy atom. The van der Waals surface area contributed by atoms with E-state index < -0.39 is 33.1 Å². The van der Waals surface area contributed by atoms with Gasteiger partial charge in [-0.25, -0.2) is 4.79 Å². The van der Waals surface area contributed by atoms with Crippen molar-refractivity contribution in [3.05, 3.63) is 60.0 Å². The van der Waals surface area contributed by atoms with Crippen LogP contribution in [0.2, 0.25) is 0 Å². The predicted octanol–water partition coefficient (Wildman–Crippen LogP) is 4.51. The van der Waals surface area contributed by atoms with E-state index in [9.17, 15) is 29.8 Å². The molecular weight excluding hydrogens is 426 g/mol. The third kappa shape index (κ3) is 4.55. The molecule has 1 amide bonds. The first-order valence-corrected chi connectivity index (χ1v) is 10.6. The van der Waals surface area contributed by atoms with Crippen molar-refractivity contribution in [3.63, 3.8) is 0 Å². The topological polar surface area (TPSA) is 142 Å². The Balaban J connectivity index is 2.00. The van der Waals surface area contributed by atoms with Gasteiger partial charge in [-0.2, -0.15) is 0 Å². The summed E-state index contributed by atoms with van der Waals surface area (Å²) in [5.41, 5.74) is -0.372. The van der Waals surface area contributed by atoms with Gasteiger partial charge in [0, 0.05) is 10.9 Å². The van der Waals surface area contributed by atoms with Crippen LogP contribution in [0.15, 0.2) is 18.2 Å². The Morgan fingerprint density at radius 2 is 1.97 bits per heavy atom. The van der Waals surface area contributed by atoms with E-state index in [4.69, 9.17) is 4.74 Å². The first-order valence-electron chi connectivity index (χ1n) is 9.82. The number of nitrogens with one attached hydrogen (secondary N) is 1. The molecule has 164 valence electrons. The Morgan fingerprint density at radius 1 is 1.23 bits per heavy atom. The number of fused-ring (bicyclic) bond motifs is 1. The van der Waals surface area contributed by atoms with Crippen molar-refractivity contribution >= 4 is 39.6 Å². The summed E-state index contributed by atoms with van der Waals surface area (Å²) < 4.78 is 5.17. The number of nitro benzene ring substituents is 2. The number of amides is 1. The van der Waals surface area contributed by atoms with E-state index in [1.807, 2.05) is 0 Å². The fourth-order valence-corrected chi connectivity index (χ4v) is 5.00. The molecule has 1 heterocycles. The maximum absolute atomic E-state index is 12.9. The van der Waals surface area contributed by atoms with Crippen LogP contribution in [0.5, 0.6) is 0 Å². The van der Waals surface area contributed by atoms with Crippen LogP contribution in [0.4, 0.5) is 16.4 Å². The second-order valence-electron chi connectivity index (χ2n) is 7.12. The lowest BCUT2D eigenvalue weighted by molar-refractivity contribution is -0.394. The zero-order chi connectivity index (χ0) is 22.7. The third-order valence-electron chi connectivity index (χ3n) is 5.28. The SMILES string of the molecule is CCOC(=O)c1c(NC(=O)c2ccc([N+](=O)[O-])cc2[N+](=O)[O-])sc2c1CCC(CC)C2. The maximum atomic E-state index is 12.9. The molecule has 10 nitrogen and oxygen atoms in total. The summed E-state index contributed by atoms with van der Waals surface area (Å²) in [6, 6.07) is 2.81. The van der Waals surface area contributed by atoms with Crippen molar-refractivity contribution in [2.75, 3.05) is 11.9 Å². The molecule has 1 N–H and O–H groups in total. The van der Waals surface area contributed by atoms with Crippen molar-refractivity contribution in [1.82, 2.24) is 0 Å². The molecule has 0 spiro atoms. The zero-order valence-corrected chi connectivity index (χ0v) is 17.8. The van der Waals surface area contributed by atoms with Crippen LogP contribution < -0.4 is 5.32 Å². The van der Waals surface area contributed by atoms with E-state index in [1.165, 1.54) is 11.3 Å². The van der Waals surface area contributed by atoms with Crippen molar-refractivity contribution in [2.24, 2.45) is 5.92 Å². The van der Waals surface area contributed by atoms with Crippen LogP contribution in [-0.2, 0) is 17.6 Å². The molecule has 1 aromatic heterocycles. The molecule has 1 aromatic carbocycles. The van der Waals surface area contributed by atoms with Crippen LogP contribution in [0, 0.1) is 26.1 Å². The van der Waals surface area contributed by atoms with Gasteiger partial charge in [0.05, 0.1) is 28.1 Å². The number of rotatable bonds is 7. The molecule has 0 saturated carbocycles. The Kier molecular flexibility index (Phi) is 6.64. The first-order chi connectivity index (χ1) is 14.8. The number of esters is 1. The molecular formula is C20H21N3O7S. The molecule has 0 bridgehead atoms. The molecule has 1 unspecified atom stereocenters. The van der Waals surface area contributed by atoms with E-state index in [0.29, 0.717) is 12.3 Å². The van der Waals surface area contributed by atoms with Crippen molar-refractivity contribution in [1.29, 1.82) is 0 Å². The van der Waals surface area contributed by atoms with Gasteiger partial charge in [0.2, 0.25) is 0 Å². The summed E-state index contributed by atoms with van der Waals surface area (Å²) in [6.45, 7) is 3.95. The number of non-ortho nitro benzene ring substituents is 1. The van der Waals surface area contributed by atoms with Crippen molar-refractivity contribution in [3.8, 4) is 0 Å². The number of hydrogen-bond donors (Lipinski definition) is 1. The van der Waals surface area contributed by atoms with Gasteiger partial charge in [-0.1, -0.05) is 13.3 Å². The first kappa shape index (κ1) is 22.3. The monoisotopic (exact) mass is 447 g/mol. The average Bonchev–Trinajstić information content (AvgIpc) is 3.09. The smallest absolute Gasteiger partial charge is 0.341 e. The van der Waals surface area contributed by atoms with E-state index in [2.05, 4.69) is 12.2 Å². The second-order valence-corrected chi connectivity index (χ2v) is 8.22. The van der Waals surface area contributed by atoms with Crippen LogP contribution in [0.1, 0.15) is 57.8 Å². The molecule has 1 atom stereocenters. The highest BCUT2D eigenvalue weighted by molar-refractivity contribution is 7.17. The fourth-order valence-electron chi connectivity index (χ4n) is 3.66. The number of benzene rings is 1. The number of carbonyl (C=O) groups excluding carboxylic acids is 2. The summed E-state index contributed by atoms with van der Waals surface area (Å²) >= 11 is 1.27. The quantitative estimate of drug-likeness (QED) is 0.374. The minimum atomic E-state index is -0.848. The van der Waals surface area contributed by atoms with Crippen LogP contribution >= 0.6 is 11.3 Å². The van der Waals surface area contributed by atoms with E-state index in [-0.39, 0.29) is 22.7 Å². The highest BCUT2D eigenvalue weighted by atomic mass is 32.1. The molecule has 1 aliphatic rings. The van der Waals surface area contributed by atoms with E-state index in [1.54, 1.807) is 6.92 Å². The molecule has 11 heteroatoms. The number of hydrogen-bond acceptors (Lipinski definition) is 8. The predicted molar refractivity (Wildman–Crippen MR) is 114 cm³/mol. The Labute approximate surface area is 181 Å². The summed E-state index contributed by atoms with van der Waals surface area (Å²) in [6.07, 6.45) is 3.40. The number of nitro groups is 2. The van der Waals surface area contributed by atoms with Gasteiger partial charge in [-0.05, 0) is 43.7 Å². The van der Waals surface area contributed by atoms with Crippen molar-refractivity contribution < 1.29 is 24.2 Å². The zero-order valence-electron chi connectivity index (χ0n) is 17.0. The van der Waals surface area contributed by atoms with Crippen LogP contribution in [0.25, 0.3) is 0 Å². The summed E-state index contributed by atoms with van der Waals surface area (Å²) in [7, 11) is 0. The number of nitrogens with zero attached hydrogens (tertiary/aromatic N) is 2. The Bertz CT molecular complexity index is 1060. The molecule has 2 aromatic rings. The normalized spacial score (nSPS) is 15.1. The summed E-state index contributed by atoms with van der Waals surface area (Å²) in [5, 5.41) is 25.2. The van der Waals surface area contributed by atoms with E-state index in [0.717, 1.165) is 47.9 Å². The fraction of sp³-hybridized carbons (Fsp3) is 0.400. The molecule has 3 rings (SSSR count). The molecule has 0 aliphatic heterocycles. The van der Waals surface area contributed by atoms with Gasteiger partial charge in [-0.15, -0.1) is 11.3 Å². The average molecular weight is 447 g/mol. The van der Waals surface area contributed by atoms with Gasteiger partial charge in [-0.3, -0.25) is 25.0 Å². The Hall–Kier alpha value is -3.34. The van der Waals surface area contributed by atoms with Gasteiger partial charge in [0.25, 0.3) is 17.3 Å². The highest BCUT2D eigenvalue weighted by Gasteiger charge is 2.31. The molecule has 0 fully saturated rings. The van der Waals surface area contributed by atoms with Crippen LogP contribution in [-0.4, -0.2) is 28.3 Å². The standard InChI is InChI=1S/C20H21N3O7S/c1-3-11-5-7-14-16(9-11)31-19(17(14)20(25)30-4-2)21-18(24)13-8-6-12(22(26)27)10-15(13)23(28)29/h6,8,10-11H,3-5,7,9H2,1-2H3,(H,21,24). The molecule has 1 aliphatic carbocycles. The number of thiophene rings is 1. The van der Waals surface area contributed by atoms with Crippen LogP contribution in [0.3, 0.4) is 0 Å². The molecule has 31 heavy (non-hydrogen) atoms.